The smallest absolute Gasteiger partial charge is 0.302 e. The van der Waals surface area contributed by atoms with Crippen LogP contribution < -0.4 is 0 Å². The van der Waals surface area contributed by atoms with Gasteiger partial charge in [-0.3, -0.25) is 4.79 Å². The molecule has 0 aromatic heterocycles. The molecule has 0 saturated heterocycles. The van der Waals surface area contributed by atoms with Gasteiger partial charge in [-0.15, -0.1) is 0 Å². The van der Waals surface area contributed by atoms with E-state index in [0.29, 0.717) is 11.3 Å². The number of aliphatic hydroxyl groups is 1. The molecule has 0 heterocycles. The van der Waals surface area contributed by atoms with Crippen molar-refractivity contribution in [1.29, 1.82) is 0 Å². The summed E-state index contributed by atoms with van der Waals surface area (Å²) in [4.78, 5) is 11.3. The zero-order valence-corrected chi connectivity index (χ0v) is 15.6. The lowest BCUT2D eigenvalue weighted by atomic mass is 9.45. The normalized spacial score (nSPS) is 53.7. The van der Waals surface area contributed by atoms with Gasteiger partial charge in [0.25, 0.3) is 0 Å². The molecular formula is C21H34O3. The third-order valence-electron chi connectivity index (χ3n) is 8.90. The van der Waals surface area contributed by atoms with Crippen LogP contribution in [0.15, 0.2) is 0 Å². The van der Waals surface area contributed by atoms with Gasteiger partial charge in [-0.1, -0.05) is 13.8 Å². The molecule has 4 aliphatic rings. The Morgan fingerprint density at radius 2 is 1.67 bits per heavy atom. The van der Waals surface area contributed by atoms with Crippen molar-refractivity contribution < 1.29 is 14.6 Å². The standard InChI is InChI=1S/C21H34O3/c1-13(22)24-15-8-10-20(2)14(12-15)4-5-16-17-6-7-19(23)21(17,3)11-9-18(16)20/h14-19,23H,4-12H2,1-3H3/t14-,15?,16-,17-,18-,19-,20-,21-/m0/s1. The predicted octanol–water partition coefficient (Wildman–Crippen LogP) is 4.32. The first-order chi connectivity index (χ1) is 11.3. The average molecular weight is 335 g/mol. The summed E-state index contributed by atoms with van der Waals surface area (Å²) >= 11 is 0. The number of ether oxygens (including phenoxy) is 1. The number of aliphatic hydroxyl groups excluding tert-OH is 1. The lowest BCUT2D eigenvalue weighted by molar-refractivity contribution is -0.161. The molecular weight excluding hydrogens is 300 g/mol. The Morgan fingerprint density at radius 1 is 0.958 bits per heavy atom. The number of rotatable bonds is 1. The van der Waals surface area contributed by atoms with Gasteiger partial charge in [0.2, 0.25) is 0 Å². The van der Waals surface area contributed by atoms with Gasteiger partial charge in [-0.05, 0) is 92.3 Å². The van der Waals surface area contributed by atoms with Crippen LogP contribution in [0.5, 0.6) is 0 Å². The molecule has 1 unspecified atom stereocenters. The molecule has 0 bridgehead atoms. The van der Waals surface area contributed by atoms with Crippen molar-refractivity contribution in [3.05, 3.63) is 0 Å². The fourth-order valence-corrected chi connectivity index (χ4v) is 7.53. The Balaban J connectivity index is 1.53. The number of hydrogen-bond acceptors (Lipinski definition) is 3. The molecule has 3 nitrogen and oxygen atoms in total. The molecule has 8 atom stereocenters. The van der Waals surface area contributed by atoms with Crippen molar-refractivity contribution in [1.82, 2.24) is 0 Å². The number of esters is 1. The molecule has 24 heavy (non-hydrogen) atoms. The Kier molecular flexibility index (Phi) is 4.02. The summed E-state index contributed by atoms with van der Waals surface area (Å²) in [6, 6.07) is 0. The zero-order valence-electron chi connectivity index (χ0n) is 15.6. The SMILES string of the molecule is CC(=O)OC1CC[C@@]2(C)[C@@H](CC[C@@H]3[C@@H]2CC[C@]2(C)[C@@H](O)CC[C@@H]32)C1. The molecule has 0 amide bonds. The van der Waals surface area contributed by atoms with Crippen molar-refractivity contribution >= 4 is 5.97 Å². The molecule has 0 spiro atoms. The van der Waals surface area contributed by atoms with Crippen LogP contribution in [-0.4, -0.2) is 23.3 Å². The van der Waals surface area contributed by atoms with Crippen LogP contribution in [0.25, 0.3) is 0 Å². The average Bonchev–Trinajstić information content (AvgIpc) is 2.83. The summed E-state index contributed by atoms with van der Waals surface area (Å²) < 4.78 is 5.55. The largest absolute Gasteiger partial charge is 0.463 e. The lowest BCUT2D eigenvalue weighted by Crippen LogP contribution is -2.54. The highest BCUT2D eigenvalue weighted by atomic mass is 16.5. The predicted molar refractivity (Wildman–Crippen MR) is 93.3 cm³/mol. The van der Waals surface area contributed by atoms with Crippen molar-refractivity contribution in [2.45, 2.75) is 90.8 Å². The van der Waals surface area contributed by atoms with Gasteiger partial charge < -0.3 is 9.84 Å². The summed E-state index contributed by atoms with van der Waals surface area (Å²) in [6.45, 7) is 6.43. The Labute approximate surface area is 146 Å². The van der Waals surface area contributed by atoms with E-state index in [1.807, 2.05) is 0 Å². The van der Waals surface area contributed by atoms with Crippen LogP contribution in [0, 0.1) is 34.5 Å². The summed E-state index contributed by atoms with van der Waals surface area (Å²) in [5.74, 6) is 2.96. The molecule has 0 aliphatic heterocycles. The van der Waals surface area contributed by atoms with E-state index in [1.165, 1.54) is 45.4 Å². The van der Waals surface area contributed by atoms with Crippen molar-refractivity contribution in [2.24, 2.45) is 34.5 Å². The summed E-state index contributed by atoms with van der Waals surface area (Å²) in [5, 5.41) is 10.5. The van der Waals surface area contributed by atoms with E-state index in [-0.39, 0.29) is 23.6 Å². The molecule has 0 aromatic carbocycles. The van der Waals surface area contributed by atoms with Gasteiger partial charge in [-0.2, -0.15) is 0 Å². The van der Waals surface area contributed by atoms with E-state index in [2.05, 4.69) is 13.8 Å². The minimum absolute atomic E-state index is 0.0753. The summed E-state index contributed by atoms with van der Waals surface area (Å²) in [7, 11) is 0. The third-order valence-corrected chi connectivity index (χ3v) is 8.90. The molecule has 0 radical (unpaired) electrons. The first-order valence-electron chi connectivity index (χ1n) is 10.2. The van der Waals surface area contributed by atoms with Crippen molar-refractivity contribution in [3.63, 3.8) is 0 Å². The van der Waals surface area contributed by atoms with Crippen LogP contribution in [0.3, 0.4) is 0 Å². The van der Waals surface area contributed by atoms with E-state index >= 15 is 0 Å². The fraction of sp³-hybridized carbons (Fsp3) is 0.952. The first kappa shape index (κ1) is 16.9. The Bertz CT molecular complexity index is 517. The van der Waals surface area contributed by atoms with Crippen LogP contribution in [0.4, 0.5) is 0 Å². The van der Waals surface area contributed by atoms with Crippen LogP contribution in [0.2, 0.25) is 0 Å². The maximum atomic E-state index is 11.3. The van der Waals surface area contributed by atoms with Crippen LogP contribution >= 0.6 is 0 Å². The molecule has 4 aliphatic carbocycles. The second kappa shape index (κ2) is 5.72. The van der Waals surface area contributed by atoms with Gasteiger partial charge in [0.15, 0.2) is 0 Å². The van der Waals surface area contributed by atoms with E-state index in [4.69, 9.17) is 4.74 Å². The maximum Gasteiger partial charge on any atom is 0.302 e. The van der Waals surface area contributed by atoms with Gasteiger partial charge in [-0.25, -0.2) is 0 Å². The van der Waals surface area contributed by atoms with E-state index in [0.717, 1.165) is 37.0 Å². The maximum absolute atomic E-state index is 11.3. The highest BCUT2D eigenvalue weighted by Gasteiger charge is 2.60. The molecule has 4 fully saturated rings. The molecule has 0 aromatic rings. The second-order valence-electron chi connectivity index (χ2n) is 9.80. The topological polar surface area (TPSA) is 46.5 Å². The fourth-order valence-electron chi connectivity index (χ4n) is 7.53. The van der Waals surface area contributed by atoms with Crippen LogP contribution in [-0.2, 0) is 9.53 Å². The molecule has 4 rings (SSSR count). The monoisotopic (exact) mass is 334 g/mol. The highest BCUT2D eigenvalue weighted by molar-refractivity contribution is 5.66. The van der Waals surface area contributed by atoms with Crippen molar-refractivity contribution in [3.8, 4) is 0 Å². The molecule has 4 saturated carbocycles. The van der Waals surface area contributed by atoms with E-state index in [1.54, 1.807) is 0 Å². The highest BCUT2D eigenvalue weighted by Crippen LogP contribution is 2.66. The minimum Gasteiger partial charge on any atom is -0.463 e. The Morgan fingerprint density at radius 3 is 2.42 bits per heavy atom. The van der Waals surface area contributed by atoms with E-state index < -0.39 is 0 Å². The zero-order chi connectivity index (χ0) is 17.1. The molecule has 136 valence electrons. The summed E-state index contributed by atoms with van der Waals surface area (Å²) in [5.41, 5.74) is 0.605. The van der Waals surface area contributed by atoms with Gasteiger partial charge >= 0.3 is 5.97 Å². The Hall–Kier alpha value is -0.570. The molecule has 3 heteroatoms. The summed E-state index contributed by atoms with van der Waals surface area (Å²) in [6.07, 6.45) is 10.8. The number of carbonyl (C=O) groups is 1. The number of carbonyl (C=O) groups excluding carboxylic acids is 1. The minimum atomic E-state index is -0.120. The second-order valence-corrected chi connectivity index (χ2v) is 9.80. The van der Waals surface area contributed by atoms with Gasteiger partial charge in [0.1, 0.15) is 6.10 Å². The number of hydrogen-bond donors (Lipinski definition) is 1. The first-order valence-corrected chi connectivity index (χ1v) is 10.2. The van der Waals surface area contributed by atoms with Crippen LogP contribution in [0.1, 0.15) is 78.6 Å². The van der Waals surface area contributed by atoms with E-state index in [9.17, 15) is 9.90 Å². The quantitative estimate of drug-likeness (QED) is 0.726. The van der Waals surface area contributed by atoms with Crippen molar-refractivity contribution in [2.75, 3.05) is 0 Å². The lowest BCUT2D eigenvalue weighted by Gasteiger charge is -2.60. The number of fused-ring (bicyclic) bond motifs is 5. The van der Waals surface area contributed by atoms with Gasteiger partial charge in [0, 0.05) is 6.92 Å². The molecule has 1 N–H and O–H groups in total. The van der Waals surface area contributed by atoms with Gasteiger partial charge in [0.05, 0.1) is 6.10 Å². The third kappa shape index (κ3) is 2.37.